The van der Waals surface area contributed by atoms with Crippen LogP contribution in [0.25, 0.3) is 16.7 Å². The lowest BCUT2D eigenvalue weighted by atomic mass is 10.2. The van der Waals surface area contributed by atoms with Gasteiger partial charge >= 0.3 is 0 Å². The summed E-state index contributed by atoms with van der Waals surface area (Å²) in [6.07, 6.45) is 0. The second kappa shape index (κ2) is 4.56. The van der Waals surface area contributed by atoms with Crippen molar-refractivity contribution in [2.75, 3.05) is 5.73 Å². The second-order valence-corrected chi connectivity index (χ2v) is 5.38. The van der Waals surface area contributed by atoms with Gasteiger partial charge in [-0.05, 0) is 30.7 Å². The molecule has 0 unspecified atom stereocenters. The normalized spacial score (nSPS) is 11.2. The van der Waals surface area contributed by atoms with E-state index in [-0.39, 0.29) is 11.6 Å². The predicted molar refractivity (Wildman–Crippen MR) is 77.8 cm³/mol. The molecule has 1 aromatic heterocycles. The maximum atomic E-state index is 14.1. The lowest BCUT2D eigenvalue weighted by Gasteiger charge is -2.11. The number of nitrogens with two attached hydrogens (primary N) is 1. The van der Waals surface area contributed by atoms with Gasteiger partial charge in [0.2, 0.25) is 5.95 Å². The molecule has 0 atom stereocenters. The first-order chi connectivity index (χ1) is 9.49. The van der Waals surface area contributed by atoms with Crippen LogP contribution in [0, 0.1) is 18.6 Å². The fourth-order valence-electron chi connectivity index (χ4n) is 2.29. The van der Waals surface area contributed by atoms with Gasteiger partial charge in [0.1, 0.15) is 5.69 Å². The zero-order valence-electron chi connectivity index (χ0n) is 10.5. The third-order valence-electron chi connectivity index (χ3n) is 3.11. The number of fused-ring (bicyclic) bond motifs is 1. The molecule has 20 heavy (non-hydrogen) atoms. The number of hydrogen-bond donors (Lipinski definition) is 1. The summed E-state index contributed by atoms with van der Waals surface area (Å²) < 4.78 is 29.9. The Hall–Kier alpha value is -1.95. The van der Waals surface area contributed by atoms with Gasteiger partial charge in [0, 0.05) is 4.47 Å². The van der Waals surface area contributed by atoms with Gasteiger partial charge in [-0.15, -0.1) is 0 Å². The third-order valence-corrected chi connectivity index (χ3v) is 3.57. The number of aromatic nitrogens is 2. The summed E-state index contributed by atoms with van der Waals surface area (Å²) in [7, 11) is 0. The van der Waals surface area contributed by atoms with E-state index in [1.54, 1.807) is 6.07 Å². The summed E-state index contributed by atoms with van der Waals surface area (Å²) in [5.74, 6) is -1.35. The molecule has 0 saturated heterocycles. The maximum absolute atomic E-state index is 14.1. The molecule has 0 aliphatic carbocycles. The van der Waals surface area contributed by atoms with Crippen LogP contribution < -0.4 is 5.73 Å². The van der Waals surface area contributed by atoms with Gasteiger partial charge in [0.05, 0.1) is 11.0 Å². The Kier molecular flexibility index (Phi) is 2.97. The Bertz CT molecular complexity index is 804. The first kappa shape index (κ1) is 13.1. The monoisotopic (exact) mass is 337 g/mol. The number of rotatable bonds is 1. The summed E-state index contributed by atoms with van der Waals surface area (Å²) in [5.41, 5.74) is 7.66. The molecule has 3 aromatic rings. The van der Waals surface area contributed by atoms with Gasteiger partial charge in [0.25, 0.3) is 0 Å². The Morgan fingerprint density at radius 1 is 1.20 bits per heavy atom. The van der Waals surface area contributed by atoms with Gasteiger partial charge in [-0.2, -0.15) is 0 Å². The van der Waals surface area contributed by atoms with E-state index in [9.17, 15) is 8.78 Å². The molecule has 0 aliphatic heterocycles. The number of imidazole rings is 1. The summed E-state index contributed by atoms with van der Waals surface area (Å²) >= 11 is 3.06. The number of hydrogen-bond acceptors (Lipinski definition) is 2. The third kappa shape index (κ3) is 1.87. The molecule has 0 fully saturated rings. The van der Waals surface area contributed by atoms with Crippen LogP contribution in [0.4, 0.5) is 14.7 Å². The number of nitrogens with zero attached hydrogens (tertiary/aromatic N) is 2. The summed E-state index contributed by atoms with van der Waals surface area (Å²) in [5, 5.41) is 0. The van der Waals surface area contributed by atoms with Crippen molar-refractivity contribution in [2.45, 2.75) is 6.92 Å². The van der Waals surface area contributed by atoms with Crippen LogP contribution in [0.3, 0.4) is 0 Å². The number of benzene rings is 2. The minimum Gasteiger partial charge on any atom is -0.369 e. The highest BCUT2D eigenvalue weighted by atomic mass is 79.9. The molecule has 0 spiro atoms. The smallest absolute Gasteiger partial charge is 0.206 e. The van der Waals surface area contributed by atoms with E-state index in [0.29, 0.717) is 15.5 Å². The van der Waals surface area contributed by atoms with Crippen LogP contribution in [0.1, 0.15) is 5.56 Å². The molecule has 0 aliphatic rings. The lowest BCUT2D eigenvalue weighted by molar-refractivity contribution is 0.570. The maximum Gasteiger partial charge on any atom is 0.206 e. The fraction of sp³-hybridized carbons (Fsp3) is 0.0714. The Morgan fingerprint density at radius 2 is 1.85 bits per heavy atom. The molecule has 2 N–H and O–H groups in total. The molecule has 2 aromatic carbocycles. The summed E-state index contributed by atoms with van der Waals surface area (Å²) in [6.45, 7) is 1.84. The molecular formula is C14H10BrF2N3. The van der Waals surface area contributed by atoms with Crippen LogP contribution in [-0.2, 0) is 0 Å². The highest BCUT2D eigenvalue weighted by Gasteiger charge is 2.19. The molecule has 102 valence electrons. The first-order valence-electron chi connectivity index (χ1n) is 5.87. The van der Waals surface area contributed by atoms with E-state index in [2.05, 4.69) is 20.9 Å². The molecule has 6 heteroatoms. The highest BCUT2D eigenvalue weighted by molar-refractivity contribution is 9.10. The zero-order valence-corrected chi connectivity index (χ0v) is 12.1. The molecule has 3 rings (SSSR count). The minimum atomic E-state index is -0.703. The number of aryl methyl sites for hydroxylation is 1. The van der Waals surface area contributed by atoms with E-state index < -0.39 is 11.6 Å². The van der Waals surface area contributed by atoms with Crippen LogP contribution >= 0.6 is 15.9 Å². The zero-order chi connectivity index (χ0) is 14.4. The SMILES string of the molecule is Cc1cccc2nc(N)n(-c3c(F)cc(Br)cc3F)c12. The average molecular weight is 338 g/mol. The minimum absolute atomic E-state index is 0.0504. The molecule has 0 saturated carbocycles. The lowest BCUT2D eigenvalue weighted by Crippen LogP contribution is -2.06. The van der Waals surface area contributed by atoms with Gasteiger partial charge < -0.3 is 5.73 Å². The van der Waals surface area contributed by atoms with Crippen molar-refractivity contribution in [3.63, 3.8) is 0 Å². The largest absolute Gasteiger partial charge is 0.369 e. The van der Waals surface area contributed by atoms with Gasteiger partial charge in [0.15, 0.2) is 11.6 Å². The van der Waals surface area contributed by atoms with Crippen molar-refractivity contribution in [1.82, 2.24) is 9.55 Å². The number of nitrogen functional groups attached to an aromatic ring is 1. The van der Waals surface area contributed by atoms with Crippen LogP contribution in [0.2, 0.25) is 0 Å². The van der Waals surface area contributed by atoms with E-state index in [1.807, 2.05) is 19.1 Å². The molecule has 0 bridgehead atoms. The van der Waals surface area contributed by atoms with E-state index in [1.165, 1.54) is 16.7 Å². The predicted octanol–water partition coefficient (Wildman–Crippen LogP) is 3.96. The fourth-order valence-corrected chi connectivity index (χ4v) is 2.69. The Balaban J connectivity index is 2.44. The van der Waals surface area contributed by atoms with Crippen LogP contribution in [0.15, 0.2) is 34.8 Å². The molecule has 0 radical (unpaired) electrons. The Morgan fingerprint density at radius 3 is 2.50 bits per heavy atom. The van der Waals surface area contributed by atoms with E-state index in [4.69, 9.17) is 5.73 Å². The van der Waals surface area contributed by atoms with Crippen molar-refractivity contribution in [3.8, 4) is 5.69 Å². The van der Waals surface area contributed by atoms with Crippen molar-refractivity contribution in [3.05, 3.63) is 52.0 Å². The average Bonchev–Trinajstić information content (AvgIpc) is 2.66. The Labute approximate surface area is 122 Å². The molecular weight excluding hydrogens is 328 g/mol. The molecule has 0 amide bonds. The van der Waals surface area contributed by atoms with Crippen LogP contribution in [0.5, 0.6) is 0 Å². The van der Waals surface area contributed by atoms with Gasteiger partial charge in [-0.3, -0.25) is 4.57 Å². The molecule has 1 heterocycles. The van der Waals surface area contributed by atoms with Crippen molar-refractivity contribution < 1.29 is 8.78 Å². The van der Waals surface area contributed by atoms with E-state index >= 15 is 0 Å². The first-order valence-corrected chi connectivity index (χ1v) is 6.67. The quantitative estimate of drug-likeness (QED) is 0.730. The number of anilines is 1. The van der Waals surface area contributed by atoms with E-state index in [0.717, 1.165) is 5.56 Å². The summed E-state index contributed by atoms with van der Waals surface area (Å²) in [6, 6.07) is 7.81. The van der Waals surface area contributed by atoms with Crippen molar-refractivity contribution >= 4 is 32.9 Å². The molecule has 3 nitrogen and oxygen atoms in total. The second-order valence-electron chi connectivity index (χ2n) is 4.47. The van der Waals surface area contributed by atoms with Gasteiger partial charge in [-0.1, -0.05) is 28.1 Å². The standard InChI is InChI=1S/C14H10BrF2N3/c1-7-3-2-4-11-12(7)20(14(18)19-11)13-9(16)5-8(15)6-10(13)17/h2-6H,1H3,(H2,18,19). The number of halogens is 3. The summed E-state index contributed by atoms with van der Waals surface area (Å²) in [4.78, 5) is 4.15. The van der Waals surface area contributed by atoms with Crippen molar-refractivity contribution in [1.29, 1.82) is 0 Å². The van der Waals surface area contributed by atoms with Gasteiger partial charge in [-0.25, -0.2) is 13.8 Å². The van der Waals surface area contributed by atoms with Crippen molar-refractivity contribution in [2.24, 2.45) is 0 Å². The topological polar surface area (TPSA) is 43.8 Å². The highest BCUT2D eigenvalue weighted by Crippen LogP contribution is 2.30. The number of para-hydroxylation sites is 1. The van der Waals surface area contributed by atoms with Crippen LogP contribution in [-0.4, -0.2) is 9.55 Å².